The van der Waals surface area contributed by atoms with Crippen LogP contribution in [0.4, 0.5) is 8.78 Å². The summed E-state index contributed by atoms with van der Waals surface area (Å²) in [4.78, 5) is 12.1. The highest BCUT2D eigenvalue weighted by molar-refractivity contribution is 7.99. The van der Waals surface area contributed by atoms with Gasteiger partial charge < -0.3 is 19.5 Å². The van der Waals surface area contributed by atoms with Crippen molar-refractivity contribution in [3.8, 4) is 5.75 Å². The molecule has 3 heterocycles. The van der Waals surface area contributed by atoms with Gasteiger partial charge in [-0.25, -0.2) is 17.2 Å². The van der Waals surface area contributed by atoms with E-state index in [0.717, 1.165) is 12.1 Å². The van der Waals surface area contributed by atoms with Gasteiger partial charge in [-0.2, -0.15) is 11.8 Å². The minimum absolute atomic E-state index is 0.0370. The van der Waals surface area contributed by atoms with Crippen molar-refractivity contribution in [2.45, 2.75) is 34.6 Å². The molecular weight excluding hydrogens is 548 g/mol. The van der Waals surface area contributed by atoms with Crippen molar-refractivity contribution in [3.63, 3.8) is 0 Å². The Morgan fingerprint density at radius 3 is 2.54 bits per heavy atom. The summed E-state index contributed by atoms with van der Waals surface area (Å²) in [6.07, 6.45) is -0.264. The second kappa shape index (κ2) is 10.7. The Kier molecular flexibility index (Phi) is 7.70. The normalized spacial score (nSPS) is 25.4. The third kappa shape index (κ3) is 4.85. The second-order valence-electron chi connectivity index (χ2n) is 9.30. The largest absolute Gasteiger partial charge is 0.490 e. The number of hydrogen-bond acceptors (Lipinski definition) is 7. The fourth-order valence-corrected chi connectivity index (χ4v) is 8.57. The Balaban J connectivity index is 1.44. The van der Waals surface area contributed by atoms with Crippen LogP contribution in [0.15, 0.2) is 41.3 Å². The van der Waals surface area contributed by atoms with Crippen LogP contribution in [0, 0.1) is 17.6 Å². The van der Waals surface area contributed by atoms with E-state index in [1.807, 2.05) is 0 Å². The molecule has 1 amide bonds. The fraction of sp³-hybridized carbons (Fsp3) is 0.480. The van der Waals surface area contributed by atoms with E-state index >= 15 is 4.39 Å². The highest BCUT2D eigenvalue weighted by Gasteiger charge is 2.61. The van der Waals surface area contributed by atoms with Crippen LogP contribution in [0.5, 0.6) is 5.75 Å². The number of fused-ring (bicyclic) bond motifs is 3. The number of amides is 1. The van der Waals surface area contributed by atoms with Gasteiger partial charge in [-0.1, -0.05) is 11.6 Å². The van der Waals surface area contributed by atoms with E-state index in [2.05, 4.69) is 5.32 Å². The van der Waals surface area contributed by atoms with Crippen molar-refractivity contribution >= 4 is 39.1 Å². The molecule has 1 unspecified atom stereocenters. The molecule has 0 radical (unpaired) electrons. The van der Waals surface area contributed by atoms with Gasteiger partial charge in [0.05, 0.1) is 48.2 Å². The number of carbonyl (C=O) groups is 1. The van der Waals surface area contributed by atoms with E-state index in [1.54, 1.807) is 0 Å². The summed E-state index contributed by atoms with van der Waals surface area (Å²) in [5.74, 6) is -2.19. The third-order valence-electron chi connectivity index (χ3n) is 7.13. The molecular formula is C25H26ClF2NO6S2. The minimum atomic E-state index is -4.25. The molecule has 2 saturated heterocycles. The Bertz CT molecular complexity index is 1270. The monoisotopic (exact) mass is 573 g/mol. The van der Waals surface area contributed by atoms with E-state index < -0.39 is 38.2 Å². The number of sulfone groups is 1. The first kappa shape index (κ1) is 26.7. The average Bonchev–Trinajstić information content (AvgIpc) is 2.86. The molecule has 3 atom stereocenters. The van der Waals surface area contributed by atoms with Crippen molar-refractivity contribution in [2.24, 2.45) is 5.92 Å². The number of halogens is 3. The van der Waals surface area contributed by atoms with Crippen molar-refractivity contribution < 1.29 is 36.2 Å². The van der Waals surface area contributed by atoms with Crippen molar-refractivity contribution in [1.82, 2.24) is 5.32 Å². The maximum Gasteiger partial charge on any atom is 0.230 e. The molecule has 0 aliphatic carbocycles. The second-order valence-corrected chi connectivity index (χ2v) is 13.0. The number of hydrogen-bond donors (Lipinski definition) is 1. The Labute approximate surface area is 223 Å². The van der Waals surface area contributed by atoms with Gasteiger partial charge in [0.15, 0.2) is 21.4 Å². The Hall–Kier alpha value is -1.92. The van der Waals surface area contributed by atoms with Gasteiger partial charge in [-0.05, 0) is 55.0 Å². The number of ether oxygens (including phenoxy) is 3. The number of rotatable bonds is 8. The van der Waals surface area contributed by atoms with Gasteiger partial charge in [0, 0.05) is 17.5 Å². The summed E-state index contributed by atoms with van der Waals surface area (Å²) < 4.78 is 73.6. The van der Waals surface area contributed by atoms with Crippen LogP contribution in [0.3, 0.4) is 0 Å². The molecule has 37 heavy (non-hydrogen) atoms. The Morgan fingerprint density at radius 2 is 1.84 bits per heavy atom. The van der Waals surface area contributed by atoms with Crippen LogP contribution in [-0.4, -0.2) is 64.4 Å². The first-order valence-corrected chi connectivity index (χ1v) is 14.9. The van der Waals surface area contributed by atoms with E-state index in [1.165, 1.54) is 36.0 Å². The lowest BCUT2D eigenvalue weighted by atomic mass is 9.75. The predicted molar refractivity (Wildman–Crippen MR) is 135 cm³/mol. The zero-order valence-corrected chi connectivity index (χ0v) is 22.1. The van der Waals surface area contributed by atoms with Gasteiger partial charge in [-0.3, -0.25) is 4.79 Å². The number of thioether (sulfide) groups is 1. The lowest BCUT2D eigenvalue weighted by molar-refractivity contribution is -0.122. The van der Waals surface area contributed by atoms with E-state index in [4.69, 9.17) is 25.8 Å². The fourth-order valence-electron chi connectivity index (χ4n) is 5.29. The molecule has 0 spiro atoms. The summed E-state index contributed by atoms with van der Waals surface area (Å²) in [7, 11) is -4.25. The van der Waals surface area contributed by atoms with Crippen molar-refractivity contribution in [2.75, 3.05) is 37.9 Å². The highest BCUT2D eigenvalue weighted by atomic mass is 35.5. The highest BCUT2D eigenvalue weighted by Crippen LogP contribution is 2.56. The van der Waals surface area contributed by atoms with E-state index in [-0.39, 0.29) is 53.5 Å². The summed E-state index contributed by atoms with van der Waals surface area (Å²) >= 11 is 7.38. The van der Waals surface area contributed by atoms with Crippen LogP contribution in [0.25, 0.3) is 0 Å². The molecule has 3 aliphatic heterocycles. The first-order valence-electron chi connectivity index (χ1n) is 11.9. The summed E-state index contributed by atoms with van der Waals surface area (Å²) in [5.41, 5.74) is -0.290. The maximum atomic E-state index is 15.4. The summed E-state index contributed by atoms with van der Waals surface area (Å²) in [6.45, 7) is 0.904. The molecule has 7 nitrogen and oxygen atoms in total. The average molecular weight is 574 g/mol. The topological polar surface area (TPSA) is 90.9 Å². The molecule has 5 rings (SSSR count). The van der Waals surface area contributed by atoms with Gasteiger partial charge in [0.2, 0.25) is 5.91 Å². The zero-order valence-electron chi connectivity index (χ0n) is 19.8. The predicted octanol–water partition coefficient (Wildman–Crippen LogP) is 3.72. The van der Waals surface area contributed by atoms with Crippen LogP contribution >= 0.6 is 23.4 Å². The van der Waals surface area contributed by atoms with Gasteiger partial charge in [0.25, 0.3) is 0 Å². The van der Waals surface area contributed by atoms with Crippen molar-refractivity contribution in [1.29, 1.82) is 0 Å². The molecule has 200 valence electrons. The third-order valence-corrected chi connectivity index (χ3v) is 10.9. The molecule has 3 aliphatic rings. The van der Waals surface area contributed by atoms with Crippen LogP contribution in [0.1, 0.15) is 18.4 Å². The van der Waals surface area contributed by atoms with Gasteiger partial charge >= 0.3 is 0 Å². The summed E-state index contributed by atoms with van der Waals surface area (Å²) in [5, 5.41) is 3.22. The maximum absolute atomic E-state index is 15.4. The van der Waals surface area contributed by atoms with E-state index in [0.29, 0.717) is 30.4 Å². The minimum Gasteiger partial charge on any atom is -0.490 e. The number of benzene rings is 2. The molecule has 2 aromatic carbocycles. The standard InChI is InChI=1S/C25H26ClF2NO6S2/c26-15-1-3-17(4-2-15)37(31,32)25-8-9-34-21(7-10-36-14-22(30)29-16-11-33-12-16)18(25)13-35-24-20(28)6-5-19(27)23(24)25/h1-6,16,18,21H,7-14H2,(H,29,30)/t18?,21-,25-/m0/s1. The molecule has 12 heteroatoms. The first-order chi connectivity index (χ1) is 17.7. The zero-order chi connectivity index (χ0) is 26.2. The molecule has 0 aromatic heterocycles. The molecule has 2 aromatic rings. The quantitative estimate of drug-likeness (QED) is 0.481. The van der Waals surface area contributed by atoms with Crippen LogP contribution < -0.4 is 10.1 Å². The molecule has 0 bridgehead atoms. The van der Waals surface area contributed by atoms with Crippen LogP contribution in [0.2, 0.25) is 5.02 Å². The lowest BCUT2D eigenvalue weighted by Crippen LogP contribution is -2.57. The van der Waals surface area contributed by atoms with E-state index in [9.17, 15) is 17.6 Å². The number of carbonyl (C=O) groups excluding carboxylic acids is 1. The lowest BCUT2D eigenvalue weighted by Gasteiger charge is -2.50. The number of nitrogens with one attached hydrogen (secondary N) is 1. The molecule has 0 saturated carbocycles. The SMILES string of the molecule is O=C(CSCC[C@@H]1OCC[C@@]2(S(=O)(=O)c3ccc(Cl)cc3)c3c(F)ccc(F)c3OCC12)NC1COC1. The van der Waals surface area contributed by atoms with Gasteiger partial charge in [0.1, 0.15) is 10.6 Å². The summed E-state index contributed by atoms with van der Waals surface area (Å²) in [6, 6.07) is 7.58. The van der Waals surface area contributed by atoms with Crippen LogP contribution in [-0.2, 0) is 28.9 Å². The van der Waals surface area contributed by atoms with Crippen molar-refractivity contribution in [3.05, 3.63) is 58.6 Å². The molecule has 2 fully saturated rings. The Morgan fingerprint density at radius 1 is 1.11 bits per heavy atom. The smallest absolute Gasteiger partial charge is 0.230 e. The molecule has 1 N–H and O–H groups in total. The van der Waals surface area contributed by atoms with Gasteiger partial charge in [-0.15, -0.1) is 0 Å².